The fourth-order valence-electron chi connectivity index (χ4n) is 0.795. The summed E-state index contributed by atoms with van der Waals surface area (Å²) in [6.45, 7) is 0. The van der Waals surface area contributed by atoms with Crippen LogP contribution in [0.15, 0.2) is 23.1 Å². The first kappa shape index (κ1) is 13.9. The Hall–Kier alpha value is -0.0900. The standard InChI is InChI=1S/C7H4ClNO3S.Na/c8-6-2-1-5(4-9)7(3-6)13(10,11)12;/h1-3H,(H,10,11,12);/q;+1/p-1. The predicted molar refractivity (Wildman–Crippen MR) is 44.1 cm³/mol. The Balaban J connectivity index is 0.00000169. The van der Waals surface area contributed by atoms with E-state index in [1.54, 1.807) is 6.07 Å². The van der Waals surface area contributed by atoms with Crippen molar-refractivity contribution in [1.29, 1.82) is 5.26 Å². The van der Waals surface area contributed by atoms with Gasteiger partial charge in [0, 0.05) is 5.02 Å². The Morgan fingerprint density at radius 1 is 1.43 bits per heavy atom. The van der Waals surface area contributed by atoms with E-state index in [9.17, 15) is 13.0 Å². The van der Waals surface area contributed by atoms with Crippen molar-refractivity contribution < 1.29 is 42.5 Å². The van der Waals surface area contributed by atoms with Crippen molar-refractivity contribution in [2.24, 2.45) is 0 Å². The fourth-order valence-corrected chi connectivity index (χ4v) is 1.69. The third kappa shape index (κ3) is 3.24. The molecule has 0 spiro atoms. The van der Waals surface area contributed by atoms with Gasteiger partial charge in [0.2, 0.25) is 0 Å². The molecule has 0 atom stereocenters. The van der Waals surface area contributed by atoms with Gasteiger partial charge < -0.3 is 4.55 Å². The first-order valence-corrected chi connectivity index (χ1v) is 4.89. The fraction of sp³-hybridized carbons (Fsp3) is 0. The summed E-state index contributed by atoms with van der Waals surface area (Å²) in [6, 6.07) is 5.08. The molecule has 7 heteroatoms. The van der Waals surface area contributed by atoms with Crippen molar-refractivity contribution in [2.45, 2.75) is 4.90 Å². The molecular weight excluding hydrogens is 237 g/mol. The zero-order valence-electron chi connectivity index (χ0n) is 7.19. The molecule has 1 aromatic carbocycles. The van der Waals surface area contributed by atoms with E-state index < -0.39 is 15.0 Å². The summed E-state index contributed by atoms with van der Waals surface area (Å²) in [7, 11) is -4.63. The van der Waals surface area contributed by atoms with Crippen LogP contribution in [0.2, 0.25) is 5.02 Å². The molecular formula is C7H3ClNNaO3S. The number of hydrogen-bond acceptors (Lipinski definition) is 4. The number of nitrogens with zero attached hydrogens (tertiary/aromatic N) is 1. The minimum Gasteiger partial charge on any atom is -0.744 e. The Labute approximate surface area is 109 Å². The summed E-state index contributed by atoms with van der Waals surface area (Å²) in [5, 5.41) is 8.58. The maximum atomic E-state index is 10.6. The summed E-state index contributed by atoms with van der Waals surface area (Å²) >= 11 is 5.47. The second-order valence-corrected chi connectivity index (χ2v) is 3.99. The maximum absolute atomic E-state index is 10.6. The number of halogens is 1. The van der Waals surface area contributed by atoms with Gasteiger partial charge in [0.05, 0.1) is 10.5 Å². The number of hydrogen-bond donors (Lipinski definition) is 0. The van der Waals surface area contributed by atoms with E-state index in [1.807, 2.05) is 0 Å². The Kier molecular flexibility index (Phi) is 5.09. The second kappa shape index (κ2) is 5.12. The van der Waals surface area contributed by atoms with Crippen LogP contribution in [0, 0.1) is 11.3 Å². The molecule has 0 aliphatic rings. The molecule has 68 valence electrons. The van der Waals surface area contributed by atoms with E-state index in [-0.39, 0.29) is 40.1 Å². The van der Waals surface area contributed by atoms with Crippen LogP contribution in [0.3, 0.4) is 0 Å². The molecule has 0 bridgehead atoms. The molecule has 1 rings (SSSR count). The smallest absolute Gasteiger partial charge is 0.744 e. The molecule has 4 nitrogen and oxygen atoms in total. The Morgan fingerprint density at radius 2 is 2.00 bits per heavy atom. The third-order valence-electron chi connectivity index (χ3n) is 1.33. The molecule has 0 N–H and O–H groups in total. The van der Waals surface area contributed by atoms with E-state index >= 15 is 0 Å². The molecule has 0 aliphatic carbocycles. The molecule has 0 heterocycles. The van der Waals surface area contributed by atoms with Crippen LogP contribution in [0.25, 0.3) is 0 Å². The zero-order valence-corrected chi connectivity index (χ0v) is 10.8. The van der Waals surface area contributed by atoms with E-state index in [0.717, 1.165) is 6.07 Å². The molecule has 1 aromatic rings. The topological polar surface area (TPSA) is 81.0 Å². The third-order valence-corrected chi connectivity index (χ3v) is 2.44. The van der Waals surface area contributed by atoms with Gasteiger partial charge in [0.1, 0.15) is 16.2 Å². The molecule has 0 aliphatic heterocycles. The van der Waals surface area contributed by atoms with Crippen LogP contribution in [0.4, 0.5) is 0 Å². The largest absolute Gasteiger partial charge is 1.00 e. The van der Waals surface area contributed by atoms with Gasteiger partial charge in [-0.1, -0.05) is 11.6 Å². The van der Waals surface area contributed by atoms with Gasteiger partial charge in [-0.2, -0.15) is 5.26 Å². The molecule has 0 unspecified atom stereocenters. The second-order valence-electron chi connectivity index (χ2n) is 2.21. The monoisotopic (exact) mass is 239 g/mol. The number of benzene rings is 1. The van der Waals surface area contributed by atoms with Gasteiger partial charge in [0.15, 0.2) is 0 Å². The Bertz CT molecular complexity index is 480. The number of nitriles is 1. The summed E-state index contributed by atoms with van der Waals surface area (Å²) in [5.74, 6) is 0. The first-order chi connectivity index (χ1) is 5.95. The van der Waals surface area contributed by atoms with Gasteiger partial charge in [0.25, 0.3) is 0 Å². The molecule has 0 radical (unpaired) electrons. The number of rotatable bonds is 1. The molecule has 14 heavy (non-hydrogen) atoms. The normalized spacial score (nSPS) is 10.1. The van der Waals surface area contributed by atoms with Crippen LogP contribution in [0.1, 0.15) is 5.56 Å². The minimum atomic E-state index is -4.63. The van der Waals surface area contributed by atoms with Crippen LogP contribution in [-0.4, -0.2) is 13.0 Å². The van der Waals surface area contributed by atoms with Crippen LogP contribution < -0.4 is 29.6 Å². The molecule has 0 amide bonds. The van der Waals surface area contributed by atoms with Gasteiger partial charge in [-0.05, 0) is 18.2 Å². The molecule has 0 saturated carbocycles. The van der Waals surface area contributed by atoms with Gasteiger partial charge >= 0.3 is 29.6 Å². The Morgan fingerprint density at radius 3 is 2.43 bits per heavy atom. The summed E-state index contributed by atoms with van der Waals surface area (Å²) in [5.41, 5.74) is -0.195. The van der Waals surface area contributed by atoms with E-state index in [0.29, 0.717) is 0 Å². The minimum absolute atomic E-state index is 0. The van der Waals surface area contributed by atoms with Crippen molar-refractivity contribution in [3.63, 3.8) is 0 Å². The van der Waals surface area contributed by atoms with Gasteiger partial charge in [-0.25, -0.2) is 8.42 Å². The summed E-state index contributed by atoms with van der Waals surface area (Å²) in [4.78, 5) is -0.581. The van der Waals surface area contributed by atoms with Crippen molar-refractivity contribution in [3.8, 4) is 6.07 Å². The average Bonchev–Trinajstić information content (AvgIpc) is 2.03. The first-order valence-electron chi connectivity index (χ1n) is 3.10. The van der Waals surface area contributed by atoms with Crippen molar-refractivity contribution in [2.75, 3.05) is 0 Å². The maximum Gasteiger partial charge on any atom is 1.00 e. The van der Waals surface area contributed by atoms with Gasteiger partial charge in [-0.3, -0.25) is 0 Å². The summed E-state index contributed by atoms with van der Waals surface area (Å²) in [6.07, 6.45) is 0. The quantitative estimate of drug-likeness (QED) is 0.424. The van der Waals surface area contributed by atoms with E-state index in [4.69, 9.17) is 16.9 Å². The van der Waals surface area contributed by atoms with Crippen molar-refractivity contribution >= 4 is 21.7 Å². The van der Waals surface area contributed by atoms with Crippen molar-refractivity contribution in [3.05, 3.63) is 28.8 Å². The van der Waals surface area contributed by atoms with E-state index in [2.05, 4.69) is 0 Å². The van der Waals surface area contributed by atoms with Gasteiger partial charge in [-0.15, -0.1) is 0 Å². The van der Waals surface area contributed by atoms with Crippen LogP contribution >= 0.6 is 11.6 Å². The molecule has 0 aromatic heterocycles. The van der Waals surface area contributed by atoms with Crippen LogP contribution in [-0.2, 0) is 10.1 Å². The predicted octanol–water partition coefficient (Wildman–Crippen LogP) is -1.88. The van der Waals surface area contributed by atoms with Crippen molar-refractivity contribution in [1.82, 2.24) is 0 Å². The zero-order chi connectivity index (χ0) is 10.1. The SMILES string of the molecule is N#Cc1ccc(Cl)cc1S(=O)(=O)[O-].[Na+]. The molecule has 0 saturated heterocycles. The summed E-state index contributed by atoms with van der Waals surface area (Å²) < 4.78 is 31.8. The van der Waals surface area contributed by atoms with E-state index in [1.165, 1.54) is 12.1 Å². The van der Waals surface area contributed by atoms with Crippen LogP contribution in [0.5, 0.6) is 0 Å². The average molecular weight is 240 g/mol. The molecule has 0 fully saturated rings.